The summed E-state index contributed by atoms with van der Waals surface area (Å²) in [6.45, 7) is 8.88. The summed E-state index contributed by atoms with van der Waals surface area (Å²) >= 11 is 1.78. The highest BCUT2D eigenvalue weighted by Crippen LogP contribution is 2.40. The van der Waals surface area contributed by atoms with Crippen molar-refractivity contribution in [3.8, 4) is 0 Å². The van der Waals surface area contributed by atoms with Crippen LogP contribution in [-0.2, 0) is 0 Å². The Bertz CT molecular complexity index is 376. The van der Waals surface area contributed by atoms with Gasteiger partial charge in [0, 0.05) is 10.9 Å². The molecule has 3 heteroatoms. The van der Waals surface area contributed by atoms with E-state index in [-0.39, 0.29) is 6.04 Å². The zero-order valence-electron chi connectivity index (χ0n) is 11.4. The van der Waals surface area contributed by atoms with Crippen LogP contribution >= 0.6 is 11.3 Å². The zero-order valence-corrected chi connectivity index (χ0v) is 12.2. The highest BCUT2D eigenvalue weighted by atomic mass is 32.1. The van der Waals surface area contributed by atoms with Gasteiger partial charge in [0.15, 0.2) is 0 Å². The van der Waals surface area contributed by atoms with Gasteiger partial charge in [-0.2, -0.15) is 0 Å². The van der Waals surface area contributed by atoms with Crippen molar-refractivity contribution in [2.75, 3.05) is 0 Å². The van der Waals surface area contributed by atoms with Crippen LogP contribution in [0.5, 0.6) is 0 Å². The first kappa shape index (κ1) is 13.0. The second-order valence-corrected chi connectivity index (χ2v) is 7.12. The molecule has 1 heterocycles. The molecular weight excluding hydrogens is 228 g/mol. The lowest BCUT2D eigenvalue weighted by Gasteiger charge is -2.34. The zero-order chi connectivity index (χ0) is 12.6. The number of nitrogens with two attached hydrogens (primary N) is 1. The van der Waals surface area contributed by atoms with Gasteiger partial charge < -0.3 is 5.73 Å². The van der Waals surface area contributed by atoms with Crippen molar-refractivity contribution in [1.29, 1.82) is 0 Å². The van der Waals surface area contributed by atoms with Gasteiger partial charge in [-0.05, 0) is 50.9 Å². The fraction of sp³-hybridized carbons (Fsp3) is 0.786. The summed E-state index contributed by atoms with van der Waals surface area (Å²) in [5.41, 5.74) is 7.62. The fourth-order valence-electron chi connectivity index (χ4n) is 3.37. The predicted octanol–water partition coefficient (Wildman–Crippen LogP) is 3.83. The molecule has 0 saturated heterocycles. The largest absolute Gasteiger partial charge is 0.323 e. The maximum absolute atomic E-state index is 6.48. The molecule has 0 amide bonds. The molecule has 0 bridgehead atoms. The summed E-state index contributed by atoms with van der Waals surface area (Å²) in [4.78, 5) is 5.82. The van der Waals surface area contributed by atoms with Crippen molar-refractivity contribution in [1.82, 2.24) is 4.98 Å². The monoisotopic (exact) mass is 252 g/mol. The van der Waals surface area contributed by atoms with Crippen LogP contribution in [0.3, 0.4) is 0 Å². The van der Waals surface area contributed by atoms with Gasteiger partial charge in [-0.25, -0.2) is 4.98 Å². The van der Waals surface area contributed by atoms with Crippen LogP contribution in [0.4, 0.5) is 0 Å². The first-order valence-electron chi connectivity index (χ1n) is 6.66. The second-order valence-electron chi connectivity index (χ2n) is 5.89. The van der Waals surface area contributed by atoms with Crippen LogP contribution in [0, 0.1) is 31.6 Å². The van der Waals surface area contributed by atoms with Crippen LogP contribution in [0.2, 0.25) is 0 Å². The smallest absolute Gasteiger partial charge is 0.0900 e. The number of hydrogen-bond donors (Lipinski definition) is 1. The average molecular weight is 252 g/mol. The van der Waals surface area contributed by atoms with Gasteiger partial charge in [-0.15, -0.1) is 11.3 Å². The summed E-state index contributed by atoms with van der Waals surface area (Å²) in [5.74, 6) is 2.29. The van der Waals surface area contributed by atoms with E-state index in [4.69, 9.17) is 5.73 Å². The van der Waals surface area contributed by atoms with Crippen molar-refractivity contribution < 1.29 is 0 Å². The van der Waals surface area contributed by atoms with Gasteiger partial charge >= 0.3 is 0 Å². The Morgan fingerprint density at radius 3 is 2.24 bits per heavy atom. The molecule has 1 aromatic rings. The van der Waals surface area contributed by atoms with Gasteiger partial charge in [-0.1, -0.05) is 13.8 Å². The van der Waals surface area contributed by atoms with Crippen molar-refractivity contribution in [2.24, 2.45) is 23.5 Å². The third kappa shape index (κ3) is 2.89. The van der Waals surface area contributed by atoms with E-state index in [2.05, 4.69) is 32.7 Å². The Morgan fingerprint density at radius 1 is 1.18 bits per heavy atom. The highest BCUT2D eigenvalue weighted by molar-refractivity contribution is 7.11. The van der Waals surface area contributed by atoms with Gasteiger partial charge in [0.05, 0.1) is 10.7 Å². The average Bonchev–Trinajstić information content (AvgIpc) is 2.55. The number of nitrogens with zero attached hydrogens (tertiary/aromatic N) is 1. The normalized spacial score (nSPS) is 31.5. The van der Waals surface area contributed by atoms with Crippen LogP contribution in [0.15, 0.2) is 0 Å². The molecule has 2 N–H and O–H groups in total. The van der Waals surface area contributed by atoms with E-state index in [1.165, 1.54) is 24.1 Å². The van der Waals surface area contributed by atoms with Crippen LogP contribution in [0.1, 0.15) is 54.7 Å². The number of thiazole rings is 1. The maximum atomic E-state index is 6.48. The van der Waals surface area contributed by atoms with E-state index in [1.807, 2.05) is 0 Å². The molecule has 1 aromatic heterocycles. The molecule has 1 fully saturated rings. The summed E-state index contributed by atoms with van der Waals surface area (Å²) in [6, 6.07) is 0.200. The van der Waals surface area contributed by atoms with Crippen LogP contribution in [0.25, 0.3) is 0 Å². The Kier molecular flexibility index (Phi) is 3.88. The predicted molar refractivity (Wildman–Crippen MR) is 74.2 cm³/mol. The number of aromatic nitrogens is 1. The lowest BCUT2D eigenvalue weighted by atomic mass is 9.73. The minimum Gasteiger partial charge on any atom is -0.323 e. The summed E-state index contributed by atoms with van der Waals surface area (Å²) in [5, 5.41) is 1.14. The van der Waals surface area contributed by atoms with Crippen LogP contribution < -0.4 is 5.73 Å². The van der Waals surface area contributed by atoms with Gasteiger partial charge in [0.25, 0.3) is 0 Å². The molecule has 0 aromatic carbocycles. The molecule has 1 aliphatic carbocycles. The van der Waals surface area contributed by atoms with E-state index >= 15 is 0 Å². The molecule has 96 valence electrons. The molecule has 3 atom stereocenters. The molecule has 1 saturated carbocycles. The van der Waals surface area contributed by atoms with Gasteiger partial charge in [0.1, 0.15) is 0 Å². The van der Waals surface area contributed by atoms with E-state index < -0.39 is 0 Å². The van der Waals surface area contributed by atoms with E-state index in [0.29, 0.717) is 5.92 Å². The molecule has 2 nitrogen and oxygen atoms in total. The topological polar surface area (TPSA) is 38.9 Å². The molecule has 17 heavy (non-hydrogen) atoms. The van der Waals surface area contributed by atoms with Crippen LogP contribution in [-0.4, -0.2) is 4.98 Å². The van der Waals surface area contributed by atoms with E-state index in [0.717, 1.165) is 22.5 Å². The third-order valence-corrected chi connectivity index (χ3v) is 5.14. The Labute approximate surface area is 109 Å². The van der Waals surface area contributed by atoms with Gasteiger partial charge in [-0.3, -0.25) is 0 Å². The Hall–Kier alpha value is -0.410. The lowest BCUT2D eigenvalue weighted by Crippen LogP contribution is -2.29. The Balaban J connectivity index is 2.14. The van der Waals surface area contributed by atoms with E-state index in [1.54, 1.807) is 11.3 Å². The minimum absolute atomic E-state index is 0.200. The lowest BCUT2D eigenvalue weighted by molar-refractivity contribution is 0.194. The molecule has 0 aliphatic heterocycles. The SMILES string of the molecule is Cc1nc(C)c(C(N)C2CC(C)CC(C)C2)s1. The first-order valence-corrected chi connectivity index (χ1v) is 7.48. The van der Waals surface area contributed by atoms with Crippen molar-refractivity contribution in [3.05, 3.63) is 15.6 Å². The molecule has 0 spiro atoms. The van der Waals surface area contributed by atoms with E-state index in [9.17, 15) is 0 Å². The summed E-state index contributed by atoms with van der Waals surface area (Å²) < 4.78 is 0. The molecule has 0 radical (unpaired) electrons. The molecule has 2 rings (SSSR count). The van der Waals surface area contributed by atoms with Gasteiger partial charge in [0.2, 0.25) is 0 Å². The summed E-state index contributed by atoms with van der Waals surface area (Å²) in [7, 11) is 0. The number of hydrogen-bond acceptors (Lipinski definition) is 3. The number of aryl methyl sites for hydroxylation is 2. The minimum atomic E-state index is 0.200. The fourth-order valence-corrected chi connectivity index (χ4v) is 4.40. The summed E-state index contributed by atoms with van der Waals surface area (Å²) in [6.07, 6.45) is 3.92. The Morgan fingerprint density at radius 2 is 1.76 bits per heavy atom. The van der Waals surface area contributed by atoms with Crippen molar-refractivity contribution >= 4 is 11.3 Å². The molecular formula is C14H24N2S. The third-order valence-electron chi connectivity index (χ3n) is 3.96. The molecule has 1 aliphatic rings. The number of rotatable bonds is 2. The maximum Gasteiger partial charge on any atom is 0.0900 e. The standard InChI is InChI=1S/C14H24N2S/c1-8-5-9(2)7-12(6-8)13(15)14-10(3)16-11(4)17-14/h8-9,12-13H,5-7,15H2,1-4H3. The quantitative estimate of drug-likeness (QED) is 0.868. The van der Waals surface area contributed by atoms with Crippen molar-refractivity contribution in [3.63, 3.8) is 0 Å². The highest BCUT2D eigenvalue weighted by Gasteiger charge is 2.30. The molecule has 3 unspecified atom stereocenters. The first-order chi connectivity index (χ1) is 7.97. The van der Waals surface area contributed by atoms with Crippen molar-refractivity contribution in [2.45, 2.75) is 53.0 Å². The second kappa shape index (κ2) is 5.07.